The molecule has 17 heavy (non-hydrogen) atoms. The van der Waals surface area contributed by atoms with E-state index in [1.807, 2.05) is 11.8 Å². The van der Waals surface area contributed by atoms with Gasteiger partial charge in [0, 0.05) is 24.9 Å². The van der Waals surface area contributed by atoms with Crippen molar-refractivity contribution in [2.24, 2.45) is 5.92 Å². The lowest BCUT2D eigenvalue weighted by atomic mass is 10.0. The standard InChI is InChI=1S/C12H12BrNO2S/c1-6-4-8(15)11-10-7(12(13)17-11)2-3-9(16)14(10)5-6/h6H,2-5H2,1H3/t6-/m1/s1. The Kier molecular flexibility index (Phi) is 2.63. The number of nitrogens with zero attached hydrogens (tertiary/aromatic N) is 1. The number of carbonyl (C=O) groups is 2. The highest BCUT2D eigenvalue weighted by atomic mass is 79.9. The first-order chi connectivity index (χ1) is 8.08. The molecule has 5 heteroatoms. The number of carbonyl (C=O) groups excluding carboxylic acids is 2. The molecule has 90 valence electrons. The second-order valence-corrected chi connectivity index (χ2v) is 7.11. The molecule has 0 aliphatic carbocycles. The van der Waals surface area contributed by atoms with Crippen LogP contribution in [0.2, 0.25) is 0 Å². The molecular formula is C12H12BrNO2S. The Morgan fingerprint density at radius 2 is 2.12 bits per heavy atom. The summed E-state index contributed by atoms with van der Waals surface area (Å²) in [6, 6.07) is 0. The zero-order chi connectivity index (χ0) is 12.2. The normalized spacial score (nSPS) is 23.6. The molecule has 1 amide bonds. The quantitative estimate of drug-likeness (QED) is 0.738. The van der Waals surface area contributed by atoms with Crippen LogP contribution < -0.4 is 4.90 Å². The molecule has 3 nitrogen and oxygen atoms in total. The van der Waals surface area contributed by atoms with Gasteiger partial charge in [0.15, 0.2) is 5.78 Å². The second-order valence-electron chi connectivity index (χ2n) is 4.77. The highest BCUT2D eigenvalue weighted by molar-refractivity contribution is 9.11. The average molecular weight is 314 g/mol. The highest BCUT2D eigenvalue weighted by Crippen LogP contribution is 2.45. The van der Waals surface area contributed by atoms with Crippen molar-refractivity contribution in [3.63, 3.8) is 0 Å². The van der Waals surface area contributed by atoms with Gasteiger partial charge in [-0.1, -0.05) is 6.92 Å². The van der Waals surface area contributed by atoms with E-state index in [9.17, 15) is 9.59 Å². The van der Waals surface area contributed by atoms with E-state index in [0.29, 0.717) is 19.4 Å². The molecule has 3 rings (SSSR count). The monoisotopic (exact) mass is 313 g/mol. The van der Waals surface area contributed by atoms with E-state index in [1.54, 1.807) is 0 Å². The number of Topliss-reactive ketones (excluding diaryl/α,β-unsaturated/α-hetero) is 1. The Labute approximate surface area is 112 Å². The first kappa shape index (κ1) is 11.4. The first-order valence-electron chi connectivity index (χ1n) is 5.72. The minimum atomic E-state index is 0.158. The van der Waals surface area contributed by atoms with Gasteiger partial charge in [-0.15, -0.1) is 11.3 Å². The van der Waals surface area contributed by atoms with Crippen molar-refractivity contribution in [3.05, 3.63) is 14.2 Å². The van der Waals surface area contributed by atoms with E-state index in [2.05, 4.69) is 15.9 Å². The van der Waals surface area contributed by atoms with Crippen molar-refractivity contribution in [2.75, 3.05) is 11.4 Å². The van der Waals surface area contributed by atoms with E-state index in [-0.39, 0.29) is 17.6 Å². The van der Waals surface area contributed by atoms with E-state index >= 15 is 0 Å². The van der Waals surface area contributed by atoms with Crippen molar-refractivity contribution in [1.82, 2.24) is 0 Å². The molecule has 0 radical (unpaired) electrons. The Balaban J connectivity index is 2.22. The summed E-state index contributed by atoms with van der Waals surface area (Å²) in [5.41, 5.74) is 2.04. The predicted molar refractivity (Wildman–Crippen MR) is 70.8 cm³/mol. The fourth-order valence-electron chi connectivity index (χ4n) is 2.59. The smallest absolute Gasteiger partial charge is 0.227 e. The van der Waals surface area contributed by atoms with Gasteiger partial charge >= 0.3 is 0 Å². The van der Waals surface area contributed by atoms with E-state index < -0.39 is 0 Å². The van der Waals surface area contributed by atoms with Gasteiger partial charge in [0.2, 0.25) is 5.91 Å². The van der Waals surface area contributed by atoms with Gasteiger partial charge in [0.25, 0.3) is 0 Å². The molecule has 1 aromatic rings. The predicted octanol–water partition coefficient (Wildman–Crippen LogP) is 3.01. The second kappa shape index (κ2) is 3.92. The highest BCUT2D eigenvalue weighted by Gasteiger charge is 2.36. The number of rotatable bonds is 0. The zero-order valence-electron chi connectivity index (χ0n) is 9.46. The molecule has 0 saturated heterocycles. The molecule has 0 saturated carbocycles. The number of hydrogen-bond donors (Lipinski definition) is 0. The van der Waals surface area contributed by atoms with Crippen LogP contribution in [0.3, 0.4) is 0 Å². The molecule has 0 fully saturated rings. The Bertz CT molecular complexity index is 523. The fraction of sp³-hybridized carbons (Fsp3) is 0.500. The van der Waals surface area contributed by atoms with E-state index in [4.69, 9.17) is 0 Å². The Morgan fingerprint density at radius 1 is 1.35 bits per heavy atom. The van der Waals surface area contributed by atoms with Gasteiger partial charge in [0.1, 0.15) is 0 Å². The first-order valence-corrected chi connectivity index (χ1v) is 7.33. The molecule has 0 aromatic carbocycles. The summed E-state index contributed by atoms with van der Waals surface area (Å²) >= 11 is 5.00. The lowest BCUT2D eigenvalue weighted by Crippen LogP contribution is -2.37. The van der Waals surface area contributed by atoms with Crippen molar-refractivity contribution in [2.45, 2.75) is 26.2 Å². The maximum Gasteiger partial charge on any atom is 0.227 e. The van der Waals surface area contributed by atoms with Crippen molar-refractivity contribution >= 4 is 44.6 Å². The maximum atomic E-state index is 12.1. The third-order valence-electron chi connectivity index (χ3n) is 3.37. The van der Waals surface area contributed by atoms with Crippen molar-refractivity contribution in [3.8, 4) is 0 Å². The molecule has 1 aromatic heterocycles. The number of thiophene rings is 1. The SMILES string of the molecule is C[C@@H]1CC(=O)c2sc(Br)c3c2N(C1)C(=O)CC3. The summed E-state index contributed by atoms with van der Waals surface area (Å²) in [5, 5.41) is 0. The lowest BCUT2D eigenvalue weighted by molar-refractivity contribution is -0.119. The van der Waals surface area contributed by atoms with Crippen LogP contribution in [0.4, 0.5) is 5.69 Å². The van der Waals surface area contributed by atoms with Gasteiger partial charge in [-0.05, 0) is 28.3 Å². The van der Waals surface area contributed by atoms with Gasteiger partial charge in [-0.2, -0.15) is 0 Å². The number of amides is 1. The summed E-state index contributed by atoms with van der Waals surface area (Å²) in [7, 11) is 0. The maximum absolute atomic E-state index is 12.1. The molecule has 0 spiro atoms. The molecule has 3 heterocycles. The molecule has 0 bridgehead atoms. The number of halogens is 1. The third-order valence-corrected chi connectivity index (χ3v) is 5.39. The van der Waals surface area contributed by atoms with Crippen LogP contribution in [0.1, 0.15) is 35.0 Å². The average Bonchev–Trinajstić information content (AvgIpc) is 2.54. The van der Waals surface area contributed by atoms with Crippen LogP contribution >= 0.6 is 27.3 Å². The molecule has 2 aliphatic rings. The van der Waals surface area contributed by atoms with Crippen LogP contribution in [0.25, 0.3) is 0 Å². The minimum absolute atomic E-state index is 0.158. The Hall–Kier alpha value is -0.680. The topological polar surface area (TPSA) is 37.4 Å². The van der Waals surface area contributed by atoms with Crippen LogP contribution in [0.15, 0.2) is 3.79 Å². The van der Waals surface area contributed by atoms with Gasteiger partial charge in [-0.3, -0.25) is 9.59 Å². The van der Waals surface area contributed by atoms with Gasteiger partial charge in [-0.25, -0.2) is 0 Å². The third kappa shape index (κ3) is 1.67. The number of anilines is 1. The minimum Gasteiger partial charge on any atom is -0.310 e. The van der Waals surface area contributed by atoms with Crippen LogP contribution in [-0.4, -0.2) is 18.2 Å². The van der Waals surface area contributed by atoms with E-state index in [1.165, 1.54) is 11.3 Å². The zero-order valence-corrected chi connectivity index (χ0v) is 11.9. The lowest BCUT2D eigenvalue weighted by Gasteiger charge is -2.28. The summed E-state index contributed by atoms with van der Waals surface area (Å²) in [6.45, 7) is 2.71. The van der Waals surface area contributed by atoms with Gasteiger partial charge in [0.05, 0.1) is 14.4 Å². The van der Waals surface area contributed by atoms with Gasteiger partial charge < -0.3 is 4.90 Å². The summed E-state index contributed by atoms with van der Waals surface area (Å²) in [5.74, 6) is 0.586. The largest absolute Gasteiger partial charge is 0.310 e. The molecular weight excluding hydrogens is 302 g/mol. The number of ketones is 1. The molecule has 2 aliphatic heterocycles. The van der Waals surface area contributed by atoms with Crippen LogP contribution in [0.5, 0.6) is 0 Å². The molecule has 0 unspecified atom stereocenters. The molecule has 1 atom stereocenters. The molecule has 0 N–H and O–H groups in total. The van der Waals surface area contributed by atoms with E-state index in [0.717, 1.165) is 26.3 Å². The summed E-state index contributed by atoms with van der Waals surface area (Å²) in [6.07, 6.45) is 1.86. The summed E-state index contributed by atoms with van der Waals surface area (Å²) in [4.78, 5) is 26.7. The summed E-state index contributed by atoms with van der Waals surface area (Å²) < 4.78 is 1.02. The fourth-order valence-corrected chi connectivity index (χ4v) is 4.49. The van der Waals surface area contributed by atoms with Crippen LogP contribution in [-0.2, 0) is 11.2 Å². The number of hydrogen-bond acceptors (Lipinski definition) is 3. The van der Waals surface area contributed by atoms with Crippen molar-refractivity contribution in [1.29, 1.82) is 0 Å². The Morgan fingerprint density at radius 3 is 2.88 bits per heavy atom. The van der Waals surface area contributed by atoms with Crippen LogP contribution in [0, 0.1) is 5.92 Å². The van der Waals surface area contributed by atoms with Crippen molar-refractivity contribution < 1.29 is 9.59 Å².